The van der Waals surface area contributed by atoms with E-state index in [1.165, 1.54) is 5.56 Å². The first-order valence-corrected chi connectivity index (χ1v) is 6.36. The van der Waals surface area contributed by atoms with Crippen LogP contribution in [-0.4, -0.2) is 11.0 Å². The summed E-state index contributed by atoms with van der Waals surface area (Å²) in [5.74, 6) is -1.17. The molecular weight excluding hydrogens is 248 g/mol. The summed E-state index contributed by atoms with van der Waals surface area (Å²) >= 11 is 1.11. The molecule has 0 radical (unpaired) electrons. The zero-order valence-corrected chi connectivity index (χ0v) is 11.0. The third kappa shape index (κ3) is 2.87. The van der Waals surface area contributed by atoms with Crippen molar-refractivity contribution in [2.24, 2.45) is 0 Å². The molecule has 1 aromatic carbocycles. The van der Waals surface area contributed by atoms with E-state index in [0.29, 0.717) is 17.4 Å². The fourth-order valence-electron chi connectivity index (χ4n) is 1.55. The van der Waals surface area contributed by atoms with Crippen LogP contribution in [-0.2, 0) is 6.54 Å². The summed E-state index contributed by atoms with van der Waals surface area (Å²) in [6.07, 6.45) is 0. The number of nitrogens with one attached hydrogen (secondary N) is 1. The van der Waals surface area contributed by atoms with Gasteiger partial charge in [-0.15, -0.1) is 0 Å². The van der Waals surface area contributed by atoms with Gasteiger partial charge in [-0.25, -0.2) is 4.98 Å². The molecule has 5 heteroatoms. The summed E-state index contributed by atoms with van der Waals surface area (Å²) in [6.45, 7) is 4.33. The molecule has 0 aliphatic rings. The number of carboxylic acids is 1. The number of aromatic carboxylic acids is 1. The van der Waals surface area contributed by atoms with Gasteiger partial charge in [0.25, 0.3) is 0 Å². The molecule has 0 atom stereocenters. The molecule has 0 aliphatic carbocycles. The van der Waals surface area contributed by atoms with E-state index in [1.54, 1.807) is 6.92 Å². The fourth-order valence-corrected chi connectivity index (χ4v) is 2.34. The Bertz CT molecular complexity index is 561. The van der Waals surface area contributed by atoms with Crippen molar-refractivity contribution in [1.82, 2.24) is 4.98 Å². The quantitative estimate of drug-likeness (QED) is 0.910. The van der Waals surface area contributed by atoms with Crippen molar-refractivity contribution in [3.63, 3.8) is 0 Å². The van der Waals surface area contributed by atoms with E-state index in [1.807, 2.05) is 31.2 Å². The normalized spacial score (nSPS) is 10.3. The third-order valence-electron chi connectivity index (χ3n) is 2.55. The zero-order valence-electron chi connectivity index (χ0n) is 10.2. The van der Waals surface area contributed by atoms with Crippen LogP contribution in [0, 0.1) is 13.8 Å². The highest BCUT2D eigenvalue weighted by molar-refractivity contribution is 7.17. The average molecular weight is 261 g/mol. The number of carbonyl (C=O) groups is 1. The summed E-state index contributed by atoms with van der Waals surface area (Å²) in [4.78, 5) is 15.1. The minimum atomic E-state index is -1.17. The van der Waals surface area contributed by atoms with E-state index in [4.69, 9.17) is 0 Å². The van der Waals surface area contributed by atoms with Crippen LogP contribution in [0.15, 0.2) is 24.3 Å². The first kappa shape index (κ1) is 12.6. The molecule has 0 unspecified atom stereocenters. The Labute approximate surface area is 109 Å². The van der Waals surface area contributed by atoms with Gasteiger partial charge in [0.05, 0.1) is 16.5 Å². The van der Waals surface area contributed by atoms with E-state index in [9.17, 15) is 9.90 Å². The molecule has 0 bridgehead atoms. The predicted octanol–water partition coefficient (Wildman–Crippen LogP) is 1.74. The highest BCUT2D eigenvalue weighted by Crippen LogP contribution is 2.22. The lowest BCUT2D eigenvalue weighted by molar-refractivity contribution is -0.254. The Morgan fingerprint density at radius 1 is 1.33 bits per heavy atom. The van der Waals surface area contributed by atoms with Gasteiger partial charge in [0.1, 0.15) is 0 Å². The number of aryl methyl sites for hydroxylation is 2. The summed E-state index contributed by atoms with van der Waals surface area (Å²) in [5, 5.41) is 14.5. The second-order valence-corrected chi connectivity index (χ2v) is 5.06. The Balaban J connectivity index is 2.04. The fraction of sp³-hybridized carbons (Fsp3) is 0.231. The van der Waals surface area contributed by atoms with Gasteiger partial charge in [-0.05, 0) is 19.4 Å². The maximum atomic E-state index is 10.8. The molecule has 0 saturated carbocycles. The zero-order chi connectivity index (χ0) is 13.1. The molecule has 0 saturated heterocycles. The summed E-state index contributed by atoms with van der Waals surface area (Å²) < 4.78 is 0. The van der Waals surface area contributed by atoms with E-state index in [-0.39, 0.29) is 4.88 Å². The molecule has 0 aliphatic heterocycles. The van der Waals surface area contributed by atoms with Crippen LogP contribution in [0.25, 0.3) is 0 Å². The van der Waals surface area contributed by atoms with Crippen LogP contribution in [0.3, 0.4) is 0 Å². The second-order valence-electron chi connectivity index (χ2n) is 4.06. The number of hydrogen-bond acceptors (Lipinski definition) is 5. The van der Waals surface area contributed by atoms with Crippen molar-refractivity contribution >= 4 is 22.4 Å². The molecule has 1 N–H and O–H groups in total. The number of aromatic nitrogens is 1. The maximum absolute atomic E-state index is 10.8. The standard InChI is InChI=1S/C13H14N2O2S/c1-8-3-5-10(6-4-8)7-14-13-15-9(2)11(18-13)12(16)17/h3-6H,7H2,1-2H3,(H,14,15)(H,16,17)/p-1. The van der Waals surface area contributed by atoms with Crippen molar-refractivity contribution in [3.8, 4) is 0 Å². The molecule has 0 spiro atoms. The molecule has 2 rings (SSSR count). The van der Waals surface area contributed by atoms with Gasteiger partial charge in [0, 0.05) is 6.54 Å². The van der Waals surface area contributed by atoms with Gasteiger partial charge < -0.3 is 15.2 Å². The predicted molar refractivity (Wildman–Crippen MR) is 69.7 cm³/mol. The van der Waals surface area contributed by atoms with E-state index in [0.717, 1.165) is 16.9 Å². The van der Waals surface area contributed by atoms with Gasteiger partial charge >= 0.3 is 0 Å². The average Bonchev–Trinajstić information content (AvgIpc) is 2.70. The van der Waals surface area contributed by atoms with Gasteiger partial charge in [-0.1, -0.05) is 41.2 Å². The van der Waals surface area contributed by atoms with E-state index < -0.39 is 5.97 Å². The molecule has 2 aromatic rings. The lowest BCUT2D eigenvalue weighted by Crippen LogP contribution is -2.21. The SMILES string of the molecule is Cc1ccc(CNc2nc(C)c(C(=O)[O-])s2)cc1. The minimum Gasteiger partial charge on any atom is -0.544 e. The van der Waals surface area contributed by atoms with Crippen molar-refractivity contribution < 1.29 is 9.90 Å². The largest absolute Gasteiger partial charge is 0.544 e. The molecule has 4 nitrogen and oxygen atoms in total. The summed E-state index contributed by atoms with van der Waals surface area (Å²) in [6, 6.07) is 8.14. The van der Waals surface area contributed by atoms with Crippen molar-refractivity contribution in [3.05, 3.63) is 46.0 Å². The van der Waals surface area contributed by atoms with Crippen LogP contribution < -0.4 is 10.4 Å². The number of thiazole rings is 1. The van der Waals surface area contributed by atoms with E-state index >= 15 is 0 Å². The topological polar surface area (TPSA) is 65.0 Å². The molecule has 18 heavy (non-hydrogen) atoms. The Morgan fingerprint density at radius 3 is 2.56 bits per heavy atom. The second kappa shape index (κ2) is 5.18. The van der Waals surface area contributed by atoms with Crippen LogP contribution in [0.5, 0.6) is 0 Å². The monoisotopic (exact) mass is 261 g/mol. The number of nitrogens with zero attached hydrogens (tertiary/aromatic N) is 1. The Morgan fingerprint density at radius 2 is 2.00 bits per heavy atom. The number of hydrogen-bond donors (Lipinski definition) is 1. The van der Waals surface area contributed by atoms with E-state index in [2.05, 4.69) is 10.3 Å². The smallest absolute Gasteiger partial charge is 0.183 e. The minimum absolute atomic E-state index is 0.182. The summed E-state index contributed by atoms with van der Waals surface area (Å²) in [7, 11) is 0. The molecule has 1 heterocycles. The molecular formula is C13H13N2O2S-. The highest BCUT2D eigenvalue weighted by atomic mass is 32.1. The Kier molecular flexibility index (Phi) is 3.62. The number of carboxylic acid groups (broad SMARTS) is 1. The molecule has 94 valence electrons. The molecule has 0 amide bonds. The van der Waals surface area contributed by atoms with Crippen LogP contribution in [0.4, 0.5) is 5.13 Å². The number of carbonyl (C=O) groups excluding carboxylic acids is 1. The lowest BCUT2D eigenvalue weighted by atomic mass is 10.1. The number of anilines is 1. The molecule has 1 aromatic heterocycles. The first-order chi connectivity index (χ1) is 8.56. The van der Waals surface area contributed by atoms with Crippen LogP contribution in [0.1, 0.15) is 26.5 Å². The third-order valence-corrected chi connectivity index (χ3v) is 3.64. The van der Waals surface area contributed by atoms with Crippen molar-refractivity contribution in [2.75, 3.05) is 5.32 Å². The van der Waals surface area contributed by atoms with Gasteiger partial charge in [0.2, 0.25) is 0 Å². The lowest BCUT2D eigenvalue weighted by Gasteiger charge is -2.03. The van der Waals surface area contributed by atoms with Crippen LogP contribution >= 0.6 is 11.3 Å². The van der Waals surface area contributed by atoms with Crippen molar-refractivity contribution in [1.29, 1.82) is 0 Å². The van der Waals surface area contributed by atoms with Crippen LogP contribution in [0.2, 0.25) is 0 Å². The Hall–Kier alpha value is -1.88. The summed E-state index contributed by atoms with van der Waals surface area (Å²) in [5.41, 5.74) is 2.83. The van der Waals surface area contributed by atoms with Gasteiger partial charge in [-0.3, -0.25) is 0 Å². The number of benzene rings is 1. The highest BCUT2D eigenvalue weighted by Gasteiger charge is 2.07. The van der Waals surface area contributed by atoms with Crippen molar-refractivity contribution in [2.45, 2.75) is 20.4 Å². The van der Waals surface area contributed by atoms with Gasteiger partial charge in [-0.2, -0.15) is 0 Å². The maximum Gasteiger partial charge on any atom is 0.183 e. The molecule has 0 fully saturated rings. The number of rotatable bonds is 4. The van der Waals surface area contributed by atoms with Gasteiger partial charge in [0.15, 0.2) is 5.13 Å². The first-order valence-electron chi connectivity index (χ1n) is 5.54.